The molecule has 0 saturated heterocycles. The molecule has 0 aliphatic carbocycles. The molecule has 0 spiro atoms. The van der Waals surface area contributed by atoms with Crippen LogP contribution < -0.4 is 4.74 Å². The number of carbonyl (C=O) groups is 1. The molecule has 1 aromatic heterocycles. The number of halogens is 4. The quantitative estimate of drug-likeness (QED) is 0.339. The summed E-state index contributed by atoms with van der Waals surface area (Å²) >= 11 is 0. The van der Waals surface area contributed by atoms with Gasteiger partial charge in [0.15, 0.2) is 11.6 Å². The Morgan fingerprint density at radius 2 is 1.65 bits per heavy atom. The van der Waals surface area contributed by atoms with E-state index in [-0.39, 0.29) is 34.8 Å². The number of ether oxygens (including phenoxy) is 1. The van der Waals surface area contributed by atoms with Crippen molar-refractivity contribution in [2.45, 2.75) is 24.3 Å². The minimum absolute atomic E-state index is 0.0854. The maximum Gasteiger partial charge on any atom is 0.387 e. The minimum Gasteiger partial charge on any atom is -0.435 e. The highest BCUT2D eigenvalue weighted by Crippen LogP contribution is 2.25. The summed E-state index contributed by atoms with van der Waals surface area (Å²) in [7, 11) is -4.26. The van der Waals surface area contributed by atoms with Gasteiger partial charge in [-0.25, -0.2) is 8.78 Å². The minimum atomic E-state index is -4.26. The van der Waals surface area contributed by atoms with Gasteiger partial charge in [0.2, 0.25) is 0 Å². The highest BCUT2D eigenvalue weighted by molar-refractivity contribution is 7.90. The Morgan fingerprint density at radius 1 is 0.941 bits per heavy atom. The van der Waals surface area contributed by atoms with Crippen LogP contribution in [0.3, 0.4) is 0 Å². The van der Waals surface area contributed by atoms with E-state index < -0.39 is 28.3 Å². The number of hydrogen-bond donors (Lipinski definition) is 0. The van der Waals surface area contributed by atoms with Gasteiger partial charge < -0.3 is 4.74 Å². The molecule has 0 unspecified atom stereocenters. The van der Waals surface area contributed by atoms with Crippen molar-refractivity contribution in [2.24, 2.45) is 0 Å². The van der Waals surface area contributed by atoms with Crippen LogP contribution in [-0.2, 0) is 27.7 Å². The Kier molecular flexibility index (Phi) is 6.38. The van der Waals surface area contributed by atoms with Crippen LogP contribution in [0.2, 0.25) is 0 Å². The Labute approximate surface area is 191 Å². The topological polar surface area (TPSA) is 78.3 Å². The first-order chi connectivity index (χ1) is 16.1. The van der Waals surface area contributed by atoms with Gasteiger partial charge in [-0.2, -0.15) is 26.4 Å². The van der Waals surface area contributed by atoms with E-state index in [1.54, 1.807) is 12.1 Å². The van der Waals surface area contributed by atoms with E-state index >= 15 is 0 Å². The lowest BCUT2D eigenvalue weighted by Gasteiger charge is -2.09. The second-order valence-electron chi connectivity index (χ2n) is 7.38. The van der Waals surface area contributed by atoms with E-state index in [4.69, 9.17) is 0 Å². The lowest BCUT2D eigenvalue weighted by atomic mass is 10.0. The zero-order chi connectivity index (χ0) is 24.5. The molecule has 0 atom stereocenters. The van der Waals surface area contributed by atoms with Crippen molar-refractivity contribution in [1.29, 1.82) is 0 Å². The second-order valence-corrected chi connectivity index (χ2v) is 9.15. The fraction of sp³-hybridized carbons (Fsp3) is 0.130. The summed E-state index contributed by atoms with van der Waals surface area (Å²) in [6.45, 7) is -3.12. The monoisotopic (exact) mass is 492 g/mol. The van der Waals surface area contributed by atoms with Crippen molar-refractivity contribution >= 4 is 26.7 Å². The number of rotatable bonds is 8. The van der Waals surface area contributed by atoms with Crippen LogP contribution in [0, 0.1) is 11.6 Å². The van der Waals surface area contributed by atoms with Crippen LogP contribution in [0.5, 0.6) is 5.75 Å². The van der Waals surface area contributed by atoms with Crippen molar-refractivity contribution in [3.8, 4) is 5.75 Å². The molecule has 4 aromatic rings. The van der Waals surface area contributed by atoms with E-state index in [2.05, 4.69) is 9.84 Å². The molecule has 3 aromatic carbocycles. The zero-order valence-corrected chi connectivity index (χ0v) is 18.1. The third-order valence-electron chi connectivity index (χ3n) is 4.95. The molecule has 0 saturated carbocycles. The van der Waals surface area contributed by atoms with E-state index in [1.807, 2.05) is 0 Å². The number of benzene rings is 3. The molecule has 0 aliphatic heterocycles. The molecule has 0 bridgehead atoms. The van der Waals surface area contributed by atoms with Crippen molar-refractivity contribution < 1.29 is 35.5 Å². The molecule has 11 heteroatoms. The van der Waals surface area contributed by atoms with Gasteiger partial charge in [0.1, 0.15) is 11.5 Å². The van der Waals surface area contributed by atoms with Crippen LogP contribution in [0.15, 0.2) is 71.8 Å². The Bertz CT molecular complexity index is 1490. The van der Waals surface area contributed by atoms with Gasteiger partial charge in [-0.1, -0.05) is 24.3 Å². The van der Waals surface area contributed by atoms with Gasteiger partial charge in [0, 0.05) is 24.3 Å². The first-order valence-corrected chi connectivity index (χ1v) is 11.3. The summed E-state index contributed by atoms with van der Waals surface area (Å²) in [4.78, 5) is 12.1. The van der Waals surface area contributed by atoms with Crippen molar-refractivity contribution in [3.63, 3.8) is 0 Å². The van der Waals surface area contributed by atoms with E-state index in [1.165, 1.54) is 36.5 Å². The average Bonchev–Trinajstić information content (AvgIpc) is 3.20. The Hall–Kier alpha value is -3.73. The number of ketones is 1. The average molecular weight is 492 g/mol. The number of carbonyl (C=O) groups excluding carboxylic acids is 1. The molecular weight excluding hydrogens is 476 g/mol. The van der Waals surface area contributed by atoms with Crippen LogP contribution in [0.1, 0.15) is 11.1 Å². The number of Topliss-reactive ketones (excluding diaryl/α,β-unsaturated/α-hetero) is 1. The molecule has 0 amide bonds. The highest BCUT2D eigenvalue weighted by Gasteiger charge is 2.22. The number of aromatic nitrogens is 2. The summed E-state index contributed by atoms with van der Waals surface area (Å²) in [5.74, 6) is -2.68. The van der Waals surface area contributed by atoms with Gasteiger partial charge >= 0.3 is 6.61 Å². The third-order valence-corrected chi connectivity index (χ3v) is 6.54. The van der Waals surface area contributed by atoms with Crippen LogP contribution in [0.4, 0.5) is 17.6 Å². The highest BCUT2D eigenvalue weighted by atomic mass is 32.2. The lowest BCUT2D eigenvalue weighted by Crippen LogP contribution is -2.15. The predicted octanol–water partition coefficient (Wildman–Crippen LogP) is 4.51. The van der Waals surface area contributed by atoms with Crippen molar-refractivity contribution in [1.82, 2.24) is 9.19 Å². The molecule has 0 aliphatic rings. The summed E-state index contributed by atoms with van der Waals surface area (Å²) in [5.41, 5.74) is 0.966. The molecular formula is C23H16F4N2O4S. The zero-order valence-electron chi connectivity index (χ0n) is 17.3. The molecule has 0 fully saturated rings. The van der Waals surface area contributed by atoms with Crippen LogP contribution in [-0.4, -0.2) is 30.0 Å². The van der Waals surface area contributed by atoms with Crippen LogP contribution >= 0.6 is 0 Å². The first-order valence-electron chi connectivity index (χ1n) is 9.86. The third kappa shape index (κ3) is 4.93. The van der Waals surface area contributed by atoms with Gasteiger partial charge in [-0.3, -0.25) is 4.79 Å². The number of alkyl halides is 2. The van der Waals surface area contributed by atoms with E-state index in [0.717, 1.165) is 22.3 Å². The lowest BCUT2D eigenvalue weighted by molar-refractivity contribution is -0.117. The molecule has 0 radical (unpaired) electrons. The van der Waals surface area contributed by atoms with Gasteiger partial charge in [-0.05, 0) is 41.5 Å². The fourth-order valence-corrected chi connectivity index (χ4v) is 4.72. The van der Waals surface area contributed by atoms with Crippen molar-refractivity contribution in [2.75, 3.05) is 0 Å². The molecule has 34 heavy (non-hydrogen) atoms. The molecule has 176 valence electrons. The summed E-state index contributed by atoms with van der Waals surface area (Å²) in [5, 5.41) is 4.39. The second kappa shape index (κ2) is 9.26. The Morgan fingerprint density at radius 3 is 2.35 bits per heavy atom. The molecule has 1 heterocycles. The Balaban J connectivity index is 1.61. The largest absolute Gasteiger partial charge is 0.435 e. The molecule has 4 rings (SSSR count). The fourth-order valence-electron chi connectivity index (χ4n) is 3.42. The molecule has 6 nitrogen and oxygen atoms in total. The SMILES string of the molecule is O=C(Cc1ccc(F)c(F)c1)Cc1ccc2cnn(S(=O)(=O)c3cccc(OC(F)F)c3)c2c1. The molecule has 0 N–H and O–H groups in total. The number of fused-ring (bicyclic) bond motifs is 1. The van der Waals surface area contributed by atoms with Gasteiger partial charge in [0.05, 0.1) is 16.6 Å². The van der Waals surface area contributed by atoms with Crippen LogP contribution in [0.25, 0.3) is 10.9 Å². The number of hydrogen-bond acceptors (Lipinski definition) is 5. The maximum absolute atomic E-state index is 13.4. The van der Waals surface area contributed by atoms with E-state index in [9.17, 15) is 30.8 Å². The van der Waals surface area contributed by atoms with E-state index in [0.29, 0.717) is 16.5 Å². The predicted molar refractivity (Wildman–Crippen MR) is 114 cm³/mol. The van der Waals surface area contributed by atoms with Gasteiger partial charge in [-0.15, -0.1) is 0 Å². The summed E-state index contributed by atoms with van der Waals surface area (Å²) in [6, 6.07) is 12.5. The van der Waals surface area contributed by atoms with Gasteiger partial charge in [0.25, 0.3) is 10.0 Å². The maximum atomic E-state index is 13.4. The first kappa shape index (κ1) is 23.4. The normalized spacial score (nSPS) is 11.8. The summed E-state index contributed by atoms with van der Waals surface area (Å²) < 4.78 is 82.7. The summed E-state index contributed by atoms with van der Waals surface area (Å²) in [6.07, 6.45) is 1.10. The number of nitrogens with zero attached hydrogens (tertiary/aromatic N) is 2. The smallest absolute Gasteiger partial charge is 0.387 e. The standard InChI is InChI=1S/C23H16F4N2O4S/c24-20-7-5-14(10-21(20)25)8-17(30)9-15-4-6-16-13-28-29(22(16)11-15)34(31,32)19-3-1-2-18(12-19)33-23(26)27/h1-7,10-13,23H,8-9H2. The van der Waals surface area contributed by atoms with Crippen molar-refractivity contribution in [3.05, 3.63) is 89.6 Å².